The molecule has 0 aliphatic heterocycles. The van der Waals surface area contributed by atoms with E-state index in [1.165, 1.54) is 25.7 Å². The Morgan fingerprint density at radius 2 is 2.17 bits per heavy atom. The maximum absolute atomic E-state index is 6.11. The van der Waals surface area contributed by atoms with Gasteiger partial charge in [-0.1, -0.05) is 24.4 Å². The molecular formula is C13H15ClN2OS. The third-order valence-corrected chi connectivity index (χ3v) is 4.48. The van der Waals surface area contributed by atoms with Gasteiger partial charge in [0.15, 0.2) is 5.82 Å². The normalized spacial score (nSPS) is 16.7. The van der Waals surface area contributed by atoms with E-state index in [1.54, 1.807) is 11.3 Å². The number of ether oxygens (including phenoxy) is 1. The predicted octanol–water partition coefficient (Wildman–Crippen LogP) is 4.05. The predicted molar refractivity (Wildman–Crippen MR) is 74.0 cm³/mol. The van der Waals surface area contributed by atoms with Gasteiger partial charge < -0.3 is 4.74 Å². The Kier molecular flexibility index (Phi) is 3.77. The van der Waals surface area contributed by atoms with Gasteiger partial charge in [-0.2, -0.15) is 0 Å². The van der Waals surface area contributed by atoms with Crippen LogP contribution >= 0.6 is 22.9 Å². The van der Waals surface area contributed by atoms with Crippen molar-refractivity contribution >= 4 is 33.2 Å². The Morgan fingerprint density at radius 1 is 1.33 bits per heavy atom. The van der Waals surface area contributed by atoms with Crippen LogP contribution in [0.5, 0.6) is 0 Å². The molecule has 96 valence electrons. The summed E-state index contributed by atoms with van der Waals surface area (Å²) in [5, 5.41) is 3.44. The van der Waals surface area contributed by atoms with Crippen molar-refractivity contribution in [1.82, 2.24) is 9.97 Å². The van der Waals surface area contributed by atoms with Gasteiger partial charge in [0.1, 0.15) is 16.6 Å². The highest BCUT2D eigenvalue weighted by Gasteiger charge is 2.15. The average molecular weight is 283 g/mol. The first-order valence-corrected chi connectivity index (χ1v) is 7.56. The van der Waals surface area contributed by atoms with Gasteiger partial charge in [0, 0.05) is 12.0 Å². The lowest BCUT2D eigenvalue weighted by Gasteiger charge is -2.09. The van der Waals surface area contributed by atoms with Crippen LogP contribution in [0.2, 0.25) is 5.15 Å². The molecule has 0 bridgehead atoms. The van der Waals surface area contributed by atoms with Gasteiger partial charge in [-0.3, -0.25) is 0 Å². The second-order valence-corrected chi connectivity index (χ2v) is 5.99. The Hall–Kier alpha value is -0.710. The van der Waals surface area contributed by atoms with E-state index < -0.39 is 0 Å². The minimum absolute atomic E-state index is 0.462. The summed E-state index contributed by atoms with van der Waals surface area (Å²) in [7, 11) is 0. The maximum atomic E-state index is 6.11. The number of thiophene rings is 1. The summed E-state index contributed by atoms with van der Waals surface area (Å²) in [6, 6.07) is 1.95. The van der Waals surface area contributed by atoms with Gasteiger partial charge in [-0.05, 0) is 30.2 Å². The number of hydrogen-bond donors (Lipinski definition) is 0. The van der Waals surface area contributed by atoms with Gasteiger partial charge in [0.25, 0.3) is 0 Å². The first-order chi connectivity index (χ1) is 8.83. The van der Waals surface area contributed by atoms with Crippen LogP contribution in [-0.4, -0.2) is 16.6 Å². The average Bonchev–Trinajstić information content (AvgIpc) is 2.99. The first kappa shape index (κ1) is 12.3. The minimum atomic E-state index is 0.462. The van der Waals surface area contributed by atoms with Gasteiger partial charge in [0.05, 0.1) is 0 Å². The van der Waals surface area contributed by atoms with E-state index in [2.05, 4.69) is 9.97 Å². The van der Waals surface area contributed by atoms with Crippen molar-refractivity contribution in [2.24, 2.45) is 5.92 Å². The fourth-order valence-electron chi connectivity index (χ4n) is 2.42. The Morgan fingerprint density at radius 3 is 3.00 bits per heavy atom. The molecule has 0 N–H and O–H groups in total. The van der Waals surface area contributed by atoms with E-state index in [9.17, 15) is 0 Å². The van der Waals surface area contributed by atoms with Crippen molar-refractivity contribution in [2.45, 2.75) is 32.3 Å². The molecule has 0 unspecified atom stereocenters. The highest BCUT2D eigenvalue weighted by atomic mass is 35.5. The molecule has 1 aliphatic rings. The van der Waals surface area contributed by atoms with Crippen LogP contribution in [0.1, 0.15) is 31.5 Å². The fraction of sp³-hybridized carbons (Fsp3) is 0.538. The Balaban J connectivity index is 1.63. The van der Waals surface area contributed by atoms with Gasteiger partial charge in [0.2, 0.25) is 0 Å². The molecule has 3 nitrogen and oxygen atoms in total. The maximum Gasteiger partial charge on any atom is 0.157 e. The molecule has 18 heavy (non-hydrogen) atoms. The molecule has 0 spiro atoms. The van der Waals surface area contributed by atoms with Crippen LogP contribution in [0.15, 0.2) is 11.4 Å². The molecule has 0 amide bonds. The van der Waals surface area contributed by atoms with E-state index >= 15 is 0 Å². The quantitative estimate of drug-likeness (QED) is 0.794. The molecule has 1 saturated carbocycles. The Bertz CT molecular complexity index is 537. The number of nitrogens with zero attached hydrogens (tertiary/aromatic N) is 2. The summed E-state index contributed by atoms with van der Waals surface area (Å²) < 4.78 is 5.71. The van der Waals surface area contributed by atoms with Gasteiger partial charge in [-0.15, -0.1) is 11.3 Å². The van der Waals surface area contributed by atoms with Crippen LogP contribution in [0, 0.1) is 5.92 Å². The molecule has 0 radical (unpaired) electrons. The van der Waals surface area contributed by atoms with Crippen LogP contribution in [0.3, 0.4) is 0 Å². The Labute approximate surface area is 115 Å². The third kappa shape index (κ3) is 2.66. The summed E-state index contributed by atoms with van der Waals surface area (Å²) >= 11 is 7.69. The molecular weight excluding hydrogens is 268 g/mol. The lowest BCUT2D eigenvalue weighted by Crippen LogP contribution is -2.07. The summed E-state index contributed by atoms with van der Waals surface area (Å²) in [6.07, 6.45) is 5.28. The molecule has 0 atom stereocenters. The zero-order valence-electron chi connectivity index (χ0n) is 10.1. The first-order valence-electron chi connectivity index (χ1n) is 6.30. The van der Waals surface area contributed by atoms with E-state index in [0.29, 0.717) is 17.6 Å². The molecule has 5 heteroatoms. The molecule has 1 fully saturated rings. The standard InChI is InChI=1S/C13H15ClN2OS/c14-12-10-5-6-18-13(10)16-11(15-12)8-17-7-9-3-1-2-4-9/h5-6,9H,1-4,7-8H2. The van der Waals surface area contributed by atoms with Crippen molar-refractivity contribution in [2.75, 3.05) is 6.61 Å². The molecule has 0 aromatic carbocycles. The lowest BCUT2D eigenvalue weighted by molar-refractivity contribution is 0.0846. The smallest absolute Gasteiger partial charge is 0.157 e. The summed E-state index contributed by atoms with van der Waals surface area (Å²) in [6.45, 7) is 1.29. The van der Waals surface area contributed by atoms with Crippen LogP contribution in [0.4, 0.5) is 0 Å². The van der Waals surface area contributed by atoms with E-state index in [4.69, 9.17) is 16.3 Å². The highest BCUT2D eigenvalue weighted by molar-refractivity contribution is 7.16. The van der Waals surface area contributed by atoms with Crippen molar-refractivity contribution in [3.05, 3.63) is 22.4 Å². The van der Waals surface area contributed by atoms with Crippen molar-refractivity contribution < 1.29 is 4.74 Å². The monoisotopic (exact) mass is 282 g/mol. The van der Waals surface area contributed by atoms with Crippen molar-refractivity contribution in [1.29, 1.82) is 0 Å². The number of fused-ring (bicyclic) bond motifs is 1. The molecule has 3 rings (SSSR count). The zero-order valence-corrected chi connectivity index (χ0v) is 11.6. The summed E-state index contributed by atoms with van der Waals surface area (Å²) in [5.74, 6) is 1.42. The second kappa shape index (κ2) is 5.51. The zero-order chi connectivity index (χ0) is 12.4. The van der Waals surface area contributed by atoms with E-state index in [0.717, 1.165) is 22.7 Å². The second-order valence-electron chi connectivity index (χ2n) is 4.74. The van der Waals surface area contributed by atoms with E-state index in [1.807, 2.05) is 11.4 Å². The summed E-state index contributed by atoms with van der Waals surface area (Å²) in [5.41, 5.74) is 0. The number of hydrogen-bond acceptors (Lipinski definition) is 4. The lowest BCUT2D eigenvalue weighted by atomic mass is 10.1. The van der Waals surface area contributed by atoms with Crippen LogP contribution in [0.25, 0.3) is 10.2 Å². The molecule has 2 aromatic heterocycles. The van der Waals surface area contributed by atoms with Gasteiger partial charge >= 0.3 is 0 Å². The molecule has 2 heterocycles. The third-order valence-electron chi connectivity index (χ3n) is 3.38. The van der Waals surface area contributed by atoms with Crippen LogP contribution in [-0.2, 0) is 11.3 Å². The largest absolute Gasteiger partial charge is 0.373 e. The summed E-state index contributed by atoms with van der Waals surface area (Å²) in [4.78, 5) is 9.67. The van der Waals surface area contributed by atoms with E-state index in [-0.39, 0.29) is 0 Å². The van der Waals surface area contributed by atoms with Crippen LogP contribution < -0.4 is 0 Å². The van der Waals surface area contributed by atoms with Crippen molar-refractivity contribution in [3.63, 3.8) is 0 Å². The fourth-order valence-corrected chi connectivity index (χ4v) is 3.51. The highest BCUT2D eigenvalue weighted by Crippen LogP contribution is 2.26. The SMILES string of the molecule is Clc1nc(COCC2CCCC2)nc2sccc12. The number of aromatic nitrogens is 2. The van der Waals surface area contributed by atoms with Crippen molar-refractivity contribution in [3.8, 4) is 0 Å². The van der Waals surface area contributed by atoms with Gasteiger partial charge in [-0.25, -0.2) is 9.97 Å². The minimum Gasteiger partial charge on any atom is -0.373 e. The molecule has 1 aliphatic carbocycles. The number of halogens is 1. The molecule has 2 aromatic rings. The topological polar surface area (TPSA) is 35.0 Å². The number of rotatable bonds is 4. The molecule has 0 saturated heterocycles.